The lowest BCUT2D eigenvalue weighted by molar-refractivity contribution is -0.169. The predicted octanol–water partition coefficient (Wildman–Crippen LogP) is 1.79. The number of nitrogens with zero attached hydrogens (tertiary/aromatic N) is 3. The standard InChI is InChI=1S/C20H24N4O3/c25-18(21-10-6-16-4-2-1-3-5-16)17-7-11-22-19(23-17)24-12-8-20(9-13-24)26-14-15-27-20/h1-5,7,11H,6,8-10,12-15H2,(H,21,25). The van der Waals surface area contributed by atoms with Crippen molar-refractivity contribution in [1.82, 2.24) is 15.3 Å². The Kier molecular flexibility index (Phi) is 5.31. The number of aromatic nitrogens is 2. The van der Waals surface area contributed by atoms with E-state index in [2.05, 4.69) is 32.3 Å². The van der Waals surface area contributed by atoms with Gasteiger partial charge in [-0.1, -0.05) is 30.3 Å². The molecule has 0 radical (unpaired) electrons. The summed E-state index contributed by atoms with van der Waals surface area (Å²) in [4.78, 5) is 23.3. The van der Waals surface area contributed by atoms with E-state index in [1.165, 1.54) is 5.56 Å². The number of benzene rings is 1. The molecule has 0 aliphatic carbocycles. The number of hydrogen-bond donors (Lipinski definition) is 1. The van der Waals surface area contributed by atoms with Crippen LogP contribution in [0.2, 0.25) is 0 Å². The number of nitrogens with one attached hydrogen (secondary N) is 1. The second kappa shape index (κ2) is 8.02. The molecule has 7 nitrogen and oxygen atoms in total. The molecule has 2 aromatic rings. The lowest BCUT2D eigenvalue weighted by atomic mass is 10.0. The van der Waals surface area contributed by atoms with Crippen molar-refractivity contribution < 1.29 is 14.3 Å². The van der Waals surface area contributed by atoms with E-state index in [0.717, 1.165) is 32.4 Å². The topological polar surface area (TPSA) is 76.6 Å². The molecule has 0 saturated carbocycles. The first-order chi connectivity index (χ1) is 13.2. The van der Waals surface area contributed by atoms with Crippen molar-refractivity contribution in [2.24, 2.45) is 0 Å². The lowest BCUT2D eigenvalue weighted by Crippen LogP contribution is -2.45. The maximum Gasteiger partial charge on any atom is 0.270 e. The SMILES string of the molecule is O=C(NCCc1ccccc1)c1ccnc(N2CCC3(CC2)OCCO3)n1. The molecule has 2 fully saturated rings. The summed E-state index contributed by atoms with van der Waals surface area (Å²) >= 11 is 0. The third-order valence-electron chi connectivity index (χ3n) is 5.04. The van der Waals surface area contributed by atoms with Gasteiger partial charge in [-0.3, -0.25) is 4.79 Å². The number of anilines is 1. The summed E-state index contributed by atoms with van der Waals surface area (Å²) in [6.07, 6.45) is 3.99. The van der Waals surface area contributed by atoms with Gasteiger partial charge >= 0.3 is 0 Å². The van der Waals surface area contributed by atoms with Gasteiger partial charge in [0.2, 0.25) is 5.95 Å². The number of hydrogen-bond acceptors (Lipinski definition) is 6. The van der Waals surface area contributed by atoms with Gasteiger partial charge in [-0.15, -0.1) is 0 Å². The molecule has 4 rings (SSSR count). The van der Waals surface area contributed by atoms with Gasteiger partial charge in [-0.2, -0.15) is 0 Å². The summed E-state index contributed by atoms with van der Waals surface area (Å²) in [5, 5.41) is 2.93. The van der Waals surface area contributed by atoms with E-state index in [1.807, 2.05) is 18.2 Å². The number of ether oxygens (including phenoxy) is 2. The number of amides is 1. The van der Waals surface area contributed by atoms with E-state index in [0.29, 0.717) is 31.4 Å². The zero-order valence-corrected chi connectivity index (χ0v) is 15.3. The number of carbonyl (C=O) groups is 1. The minimum atomic E-state index is -0.428. The first-order valence-corrected chi connectivity index (χ1v) is 9.42. The predicted molar refractivity (Wildman–Crippen MR) is 101 cm³/mol. The Hall–Kier alpha value is -2.51. The molecule has 1 spiro atoms. The molecule has 27 heavy (non-hydrogen) atoms. The molecule has 142 valence electrons. The van der Waals surface area contributed by atoms with E-state index >= 15 is 0 Å². The molecule has 1 aromatic heterocycles. The van der Waals surface area contributed by atoms with E-state index in [1.54, 1.807) is 12.3 Å². The van der Waals surface area contributed by atoms with Crippen LogP contribution in [0.15, 0.2) is 42.6 Å². The van der Waals surface area contributed by atoms with E-state index in [4.69, 9.17) is 9.47 Å². The third kappa shape index (κ3) is 4.26. The minimum absolute atomic E-state index is 0.175. The Bertz CT molecular complexity index is 768. The molecule has 1 amide bonds. The minimum Gasteiger partial charge on any atom is -0.350 e. The lowest BCUT2D eigenvalue weighted by Gasteiger charge is -2.37. The van der Waals surface area contributed by atoms with Crippen molar-refractivity contribution in [3.63, 3.8) is 0 Å². The normalized spacial score (nSPS) is 18.6. The summed E-state index contributed by atoms with van der Waals surface area (Å²) in [5.41, 5.74) is 1.58. The van der Waals surface area contributed by atoms with Crippen LogP contribution in [0.3, 0.4) is 0 Å². The molecule has 0 atom stereocenters. The largest absolute Gasteiger partial charge is 0.350 e. The van der Waals surface area contributed by atoms with E-state index in [-0.39, 0.29) is 5.91 Å². The molecule has 1 aromatic carbocycles. The number of piperidine rings is 1. The molecule has 0 bridgehead atoms. The maximum atomic E-state index is 12.4. The van der Waals surface area contributed by atoms with Crippen molar-refractivity contribution in [3.05, 3.63) is 53.9 Å². The van der Waals surface area contributed by atoms with Crippen LogP contribution >= 0.6 is 0 Å². The molecule has 1 N–H and O–H groups in total. The van der Waals surface area contributed by atoms with Crippen LogP contribution in [-0.2, 0) is 15.9 Å². The van der Waals surface area contributed by atoms with Crippen molar-refractivity contribution >= 4 is 11.9 Å². The first-order valence-electron chi connectivity index (χ1n) is 9.42. The molecule has 2 saturated heterocycles. The quantitative estimate of drug-likeness (QED) is 0.867. The molecular weight excluding hydrogens is 344 g/mol. The Balaban J connectivity index is 1.32. The first kappa shape index (κ1) is 17.9. The van der Waals surface area contributed by atoms with Gasteiger partial charge in [0, 0.05) is 38.7 Å². The molecule has 3 heterocycles. The summed E-state index contributed by atoms with van der Waals surface area (Å²) in [7, 11) is 0. The highest BCUT2D eigenvalue weighted by molar-refractivity contribution is 5.92. The summed E-state index contributed by atoms with van der Waals surface area (Å²) in [6, 6.07) is 11.7. The average molecular weight is 368 g/mol. The average Bonchev–Trinajstić information content (AvgIpc) is 3.17. The van der Waals surface area contributed by atoms with Crippen LogP contribution in [0.1, 0.15) is 28.9 Å². The zero-order valence-electron chi connectivity index (χ0n) is 15.3. The van der Waals surface area contributed by atoms with E-state index < -0.39 is 5.79 Å². The highest BCUT2D eigenvalue weighted by Crippen LogP contribution is 2.32. The van der Waals surface area contributed by atoms with Crippen LogP contribution in [0.25, 0.3) is 0 Å². The van der Waals surface area contributed by atoms with Crippen molar-refractivity contribution in [1.29, 1.82) is 0 Å². The summed E-state index contributed by atoms with van der Waals surface area (Å²) in [5.74, 6) is -0.0211. The Morgan fingerprint density at radius 2 is 1.85 bits per heavy atom. The fourth-order valence-corrected chi connectivity index (χ4v) is 3.52. The van der Waals surface area contributed by atoms with Gasteiger partial charge in [-0.05, 0) is 18.1 Å². The van der Waals surface area contributed by atoms with Crippen LogP contribution in [0.5, 0.6) is 0 Å². The highest BCUT2D eigenvalue weighted by atomic mass is 16.7. The molecule has 7 heteroatoms. The molecular formula is C20H24N4O3. The second-order valence-corrected chi connectivity index (χ2v) is 6.83. The van der Waals surface area contributed by atoms with Crippen LogP contribution in [0.4, 0.5) is 5.95 Å². The Morgan fingerprint density at radius 1 is 1.11 bits per heavy atom. The molecule has 2 aliphatic rings. The van der Waals surface area contributed by atoms with Crippen molar-refractivity contribution in [2.45, 2.75) is 25.0 Å². The van der Waals surface area contributed by atoms with Gasteiger partial charge in [0.25, 0.3) is 5.91 Å². The molecule has 2 aliphatic heterocycles. The zero-order chi connectivity index (χ0) is 18.5. The van der Waals surface area contributed by atoms with Gasteiger partial charge in [0.05, 0.1) is 13.2 Å². The van der Waals surface area contributed by atoms with Gasteiger partial charge < -0.3 is 19.7 Å². The Labute approximate surface area is 158 Å². The van der Waals surface area contributed by atoms with Gasteiger partial charge in [-0.25, -0.2) is 9.97 Å². The summed E-state index contributed by atoms with van der Waals surface area (Å²) < 4.78 is 11.5. The van der Waals surface area contributed by atoms with Crippen LogP contribution in [0, 0.1) is 0 Å². The van der Waals surface area contributed by atoms with Crippen molar-refractivity contribution in [3.8, 4) is 0 Å². The maximum absolute atomic E-state index is 12.4. The van der Waals surface area contributed by atoms with E-state index in [9.17, 15) is 4.79 Å². The molecule has 0 unspecified atom stereocenters. The smallest absolute Gasteiger partial charge is 0.270 e. The third-order valence-corrected chi connectivity index (χ3v) is 5.04. The van der Waals surface area contributed by atoms with Crippen LogP contribution in [-0.4, -0.2) is 54.5 Å². The highest BCUT2D eigenvalue weighted by Gasteiger charge is 2.40. The van der Waals surface area contributed by atoms with Gasteiger partial charge in [0.1, 0.15) is 5.69 Å². The Morgan fingerprint density at radius 3 is 2.59 bits per heavy atom. The van der Waals surface area contributed by atoms with Crippen LogP contribution < -0.4 is 10.2 Å². The summed E-state index contributed by atoms with van der Waals surface area (Å²) in [6.45, 7) is 3.39. The van der Waals surface area contributed by atoms with Gasteiger partial charge in [0.15, 0.2) is 5.79 Å². The fraction of sp³-hybridized carbons (Fsp3) is 0.450. The van der Waals surface area contributed by atoms with Crippen molar-refractivity contribution in [2.75, 3.05) is 37.7 Å². The number of carbonyl (C=O) groups excluding carboxylic acids is 1. The fourth-order valence-electron chi connectivity index (χ4n) is 3.52. The second-order valence-electron chi connectivity index (χ2n) is 6.83. The monoisotopic (exact) mass is 368 g/mol. The number of rotatable bonds is 5.